The molecule has 0 aromatic heterocycles. The molecule has 4 nitrogen and oxygen atoms in total. The van der Waals surface area contributed by atoms with Crippen molar-refractivity contribution in [3.8, 4) is 0 Å². The van der Waals surface area contributed by atoms with Gasteiger partial charge in [0.05, 0.1) is 5.56 Å². The molecule has 20 heavy (non-hydrogen) atoms. The van der Waals surface area contributed by atoms with E-state index in [0.717, 1.165) is 21.9 Å². The molecule has 0 radical (unpaired) electrons. The number of nitrogens with two attached hydrogens (primary N) is 1. The minimum Gasteiger partial charge on any atom is -0.409 e. The molecular formula is C15H23N3OS. The fraction of sp³-hybridized carbons (Fsp3) is 0.533. The van der Waals surface area contributed by atoms with Crippen LogP contribution in [0.1, 0.15) is 38.2 Å². The number of hydrogen-bond acceptors (Lipinski definition) is 4. The molecule has 0 bridgehead atoms. The van der Waals surface area contributed by atoms with E-state index in [9.17, 15) is 0 Å². The predicted octanol–water partition coefficient (Wildman–Crippen LogP) is 3.27. The van der Waals surface area contributed by atoms with Gasteiger partial charge in [-0.15, -0.1) is 11.8 Å². The molecule has 1 fully saturated rings. The van der Waals surface area contributed by atoms with Gasteiger partial charge in [0, 0.05) is 23.7 Å². The summed E-state index contributed by atoms with van der Waals surface area (Å²) in [6.45, 7) is 2.11. The highest BCUT2D eigenvalue weighted by atomic mass is 32.2. The Balaban J connectivity index is 2.42. The highest BCUT2D eigenvalue weighted by Gasteiger charge is 2.23. The molecule has 0 unspecified atom stereocenters. The summed E-state index contributed by atoms with van der Waals surface area (Å²) in [5, 5.41) is 12.3. The van der Waals surface area contributed by atoms with Gasteiger partial charge < -0.3 is 15.8 Å². The average Bonchev–Trinajstić information content (AvgIpc) is 3.00. The molecule has 1 saturated carbocycles. The summed E-state index contributed by atoms with van der Waals surface area (Å²) < 4.78 is 0. The number of anilines is 1. The Morgan fingerprint density at radius 1 is 1.45 bits per heavy atom. The highest BCUT2D eigenvalue weighted by Crippen LogP contribution is 2.34. The second kappa shape index (κ2) is 6.88. The zero-order valence-electron chi connectivity index (χ0n) is 12.2. The van der Waals surface area contributed by atoms with E-state index in [0.29, 0.717) is 6.04 Å². The maximum Gasteiger partial charge on any atom is 0.173 e. The molecule has 1 aliphatic carbocycles. The summed E-state index contributed by atoms with van der Waals surface area (Å²) in [6, 6.07) is 6.70. The Hall–Kier alpha value is -1.36. The van der Waals surface area contributed by atoms with E-state index in [-0.39, 0.29) is 5.84 Å². The first-order valence-electron chi connectivity index (χ1n) is 7.15. The third-order valence-corrected chi connectivity index (χ3v) is 4.86. The third kappa shape index (κ3) is 3.03. The molecule has 0 spiro atoms. The van der Waals surface area contributed by atoms with Gasteiger partial charge in [0.1, 0.15) is 0 Å². The van der Waals surface area contributed by atoms with Crippen molar-refractivity contribution in [1.82, 2.24) is 0 Å². The Morgan fingerprint density at radius 3 is 2.75 bits per heavy atom. The van der Waals surface area contributed by atoms with E-state index < -0.39 is 0 Å². The molecule has 110 valence electrons. The number of hydrogen-bond donors (Lipinski definition) is 2. The lowest BCUT2D eigenvalue weighted by atomic mass is 10.1. The van der Waals surface area contributed by atoms with Crippen LogP contribution in [0.2, 0.25) is 0 Å². The topological polar surface area (TPSA) is 61.8 Å². The van der Waals surface area contributed by atoms with Crippen molar-refractivity contribution in [3.63, 3.8) is 0 Å². The van der Waals surface area contributed by atoms with Crippen LogP contribution in [0.5, 0.6) is 0 Å². The third-order valence-electron chi connectivity index (χ3n) is 3.92. The fourth-order valence-corrected chi connectivity index (χ4v) is 3.72. The van der Waals surface area contributed by atoms with Gasteiger partial charge in [-0.25, -0.2) is 0 Å². The molecule has 2 rings (SSSR count). The highest BCUT2D eigenvalue weighted by molar-refractivity contribution is 7.99. The molecule has 1 aliphatic rings. The molecule has 3 N–H and O–H groups in total. The van der Waals surface area contributed by atoms with Gasteiger partial charge in [-0.1, -0.05) is 31.0 Å². The second-order valence-electron chi connectivity index (χ2n) is 5.12. The zero-order valence-corrected chi connectivity index (χ0v) is 13.0. The molecule has 1 aromatic rings. The Kier molecular flexibility index (Phi) is 5.17. The normalized spacial score (nSPS) is 16.6. The van der Waals surface area contributed by atoms with Crippen LogP contribution in [0.3, 0.4) is 0 Å². The van der Waals surface area contributed by atoms with E-state index >= 15 is 0 Å². The summed E-state index contributed by atoms with van der Waals surface area (Å²) in [4.78, 5) is 3.37. The van der Waals surface area contributed by atoms with Crippen molar-refractivity contribution in [1.29, 1.82) is 0 Å². The van der Waals surface area contributed by atoms with Gasteiger partial charge in [-0.3, -0.25) is 0 Å². The molecule has 0 amide bonds. The standard InChI is InChI=1S/C15H23N3OS/c1-3-20-13-10-6-9-12(14(13)15(16)17-19)18(2)11-7-4-5-8-11/h6,9-11,19H,3-5,7-8H2,1-2H3,(H2,16,17). The van der Waals surface area contributed by atoms with Crippen LogP contribution in [0.4, 0.5) is 5.69 Å². The van der Waals surface area contributed by atoms with Crippen LogP contribution in [0.15, 0.2) is 28.3 Å². The Bertz CT molecular complexity index is 484. The minimum absolute atomic E-state index is 0.196. The van der Waals surface area contributed by atoms with E-state index in [4.69, 9.17) is 10.9 Å². The van der Waals surface area contributed by atoms with Gasteiger partial charge in [-0.2, -0.15) is 0 Å². The van der Waals surface area contributed by atoms with Crippen molar-refractivity contribution in [2.24, 2.45) is 10.9 Å². The van der Waals surface area contributed by atoms with Crippen LogP contribution in [0, 0.1) is 0 Å². The number of thioether (sulfide) groups is 1. The number of oxime groups is 1. The molecule has 5 heteroatoms. The van der Waals surface area contributed by atoms with Gasteiger partial charge in [0.2, 0.25) is 0 Å². The maximum atomic E-state index is 9.09. The lowest BCUT2D eigenvalue weighted by molar-refractivity contribution is 0.318. The smallest absolute Gasteiger partial charge is 0.173 e. The number of benzene rings is 1. The lowest BCUT2D eigenvalue weighted by Crippen LogP contribution is -2.31. The van der Waals surface area contributed by atoms with E-state index in [2.05, 4.69) is 30.1 Å². The first-order chi connectivity index (χ1) is 9.69. The van der Waals surface area contributed by atoms with E-state index in [1.807, 2.05) is 12.1 Å². The zero-order chi connectivity index (χ0) is 14.5. The molecule has 0 saturated heterocycles. The minimum atomic E-state index is 0.196. The van der Waals surface area contributed by atoms with Gasteiger partial charge >= 0.3 is 0 Å². The molecular weight excluding hydrogens is 270 g/mol. The van der Waals surface area contributed by atoms with Gasteiger partial charge in [-0.05, 0) is 30.7 Å². The number of nitrogens with zero attached hydrogens (tertiary/aromatic N) is 2. The SMILES string of the molecule is CCSc1cccc(N(C)C2CCCC2)c1/C(N)=N/O. The number of amidine groups is 1. The molecule has 0 aliphatic heterocycles. The van der Waals surface area contributed by atoms with Crippen LogP contribution < -0.4 is 10.6 Å². The van der Waals surface area contributed by atoms with Crippen molar-refractivity contribution in [2.75, 3.05) is 17.7 Å². The van der Waals surface area contributed by atoms with Crippen LogP contribution in [-0.4, -0.2) is 29.9 Å². The van der Waals surface area contributed by atoms with E-state index in [1.54, 1.807) is 11.8 Å². The summed E-state index contributed by atoms with van der Waals surface area (Å²) in [5.74, 6) is 1.16. The van der Waals surface area contributed by atoms with Crippen molar-refractivity contribution in [3.05, 3.63) is 23.8 Å². The fourth-order valence-electron chi connectivity index (χ4n) is 2.88. The average molecular weight is 293 g/mol. The first-order valence-corrected chi connectivity index (χ1v) is 8.14. The van der Waals surface area contributed by atoms with Gasteiger partial charge in [0.15, 0.2) is 5.84 Å². The van der Waals surface area contributed by atoms with Crippen molar-refractivity contribution < 1.29 is 5.21 Å². The molecule has 0 heterocycles. The first kappa shape index (κ1) is 15.0. The predicted molar refractivity (Wildman–Crippen MR) is 86.0 cm³/mol. The monoisotopic (exact) mass is 293 g/mol. The second-order valence-corrected chi connectivity index (χ2v) is 6.42. The number of rotatable bonds is 5. The van der Waals surface area contributed by atoms with Crippen molar-refractivity contribution >= 4 is 23.3 Å². The maximum absolute atomic E-state index is 9.09. The van der Waals surface area contributed by atoms with Crippen molar-refractivity contribution in [2.45, 2.75) is 43.5 Å². The van der Waals surface area contributed by atoms with E-state index in [1.165, 1.54) is 25.7 Å². The van der Waals surface area contributed by atoms with Crippen LogP contribution in [0.25, 0.3) is 0 Å². The Labute approximate surface area is 125 Å². The van der Waals surface area contributed by atoms with Gasteiger partial charge in [0.25, 0.3) is 0 Å². The summed E-state index contributed by atoms with van der Waals surface area (Å²) in [5.41, 5.74) is 7.84. The molecule has 0 atom stereocenters. The largest absolute Gasteiger partial charge is 0.409 e. The molecule has 1 aromatic carbocycles. The summed E-state index contributed by atoms with van der Waals surface area (Å²) in [7, 11) is 2.11. The summed E-state index contributed by atoms with van der Waals surface area (Å²) >= 11 is 1.72. The lowest BCUT2D eigenvalue weighted by Gasteiger charge is -2.29. The van der Waals surface area contributed by atoms with Crippen LogP contribution in [-0.2, 0) is 0 Å². The summed E-state index contributed by atoms with van der Waals surface area (Å²) in [6.07, 6.45) is 5.02. The van der Waals surface area contributed by atoms with Crippen LogP contribution >= 0.6 is 11.8 Å². The quantitative estimate of drug-likeness (QED) is 0.287. The Morgan fingerprint density at radius 2 is 2.15 bits per heavy atom.